The fraction of sp³-hybridized carbons (Fsp3) is 0.692. The van der Waals surface area contributed by atoms with Crippen LogP contribution in [0.2, 0.25) is 0 Å². The third kappa shape index (κ3) is 2.77. The zero-order valence-corrected chi connectivity index (χ0v) is 10.5. The number of hydrogen-bond acceptors (Lipinski definition) is 3. The van der Waals surface area contributed by atoms with Crippen LogP contribution in [0.5, 0.6) is 5.88 Å². The molecule has 104 valence electrons. The molecule has 0 unspecified atom stereocenters. The van der Waals surface area contributed by atoms with Crippen molar-refractivity contribution in [3.05, 3.63) is 22.7 Å². The van der Waals surface area contributed by atoms with E-state index in [0.29, 0.717) is 0 Å². The van der Waals surface area contributed by atoms with E-state index in [1.54, 1.807) is 10.8 Å². The summed E-state index contributed by atoms with van der Waals surface area (Å²) in [5, 5.41) is 0. The molecule has 2 saturated carbocycles. The minimum absolute atomic E-state index is 0.0459. The first-order chi connectivity index (χ1) is 9.05. The summed E-state index contributed by atoms with van der Waals surface area (Å²) in [6, 6.07) is 0.258. The fourth-order valence-corrected chi connectivity index (χ4v) is 2.42. The van der Waals surface area contributed by atoms with E-state index in [0.717, 1.165) is 12.8 Å². The van der Waals surface area contributed by atoms with Crippen molar-refractivity contribution in [3.63, 3.8) is 0 Å². The summed E-state index contributed by atoms with van der Waals surface area (Å²) in [7, 11) is 0. The second-order valence-electron chi connectivity index (χ2n) is 5.35. The average Bonchev–Trinajstić information content (AvgIpc) is 3.18. The number of aromatic nitrogens is 2. The molecule has 2 aliphatic carbocycles. The molecule has 1 aromatic heterocycles. The molecule has 3 rings (SSSR count). The highest BCUT2D eigenvalue weighted by atomic mass is 19.3. The Labute approximate surface area is 109 Å². The van der Waals surface area contributed by atoms with Gasteiger partial charge in [-0.15, -0.1) is 0 Å². The molecule has 0 aromatic carbocycles. The molecule has 1 aromatic rings. The topological polar surface area (TPSA) is 44.1 Å². The maximum absolute atomic E-state index is 13.0. The third-order valence-electron chi connectivity index (χ3n) is 3.72. The summed E-state index contributed by atoms with van der Waals surface area (Å²) in [6.07, 6.45) is 5.04. The predicted octanol–water partition coefficient (Wildman–Crippen LogP) is 2.53. The molecule has 0 amide bonds. The lowest BCUT2D eigenvalue weighted by Crippen LogP contribution is -2.33. The maximum Gasteiger partial charge on any atom is 0.313 e. The summed E-state index contributed by atoms with van der Waals surface area (Å²) < 4.78 is 33.2. The van der Waals surface area contributed by atoms with Crippen molar-refractivity contribution in [2.45, 2.75) is 56.6 Å². The number of hydrogen-bond donors (Lipinski definition) is 0. The van der Waals surface area contributed by atoms with Crippen molar-refractivity contribution >= 4 is 0 Å². The van der Waals surface area contributed by atoms with E-state index in [2.05, 4.69) is 4.98 Å². The van der Waals surface area contributed by atoms with E-state index < -0.39 is 5.92 Å². The number of rotatable bonds is 3. The number of alkyl halides is 2. The first kappa shape index (κ1) is 12.6. The van der Waals surface area contributed by atoms with E-state index in [1.165, 1.54) is 6.20 Å². The standard InChI is InChI=1S/C13H16F2N2O2/c14-13(15)5-3-10(4-6-13)19-11-12(18)17(8-7-16-11)9-1-2-9/h7-10H,1-6H2. The molecule has 0 atom stereocenters. The lowest BCUT2D eigenvalue weighted by Gasteiger charge is -2.28. The quantitative estimate of drug-likeness (QED) is 0.847. The molecule has 0 bridgehead atoms. The van der Waals surface area contributed by atoms with Crippen LogP contribution in [-0.2, 0) is 0 Å². The Balaban J connectivity index is 1.70. The molecule has 0 N–H and O–H groups in total. The maximum atomic E-state index is 13.0. The van der Waals surface area contributed by atoms with Crippen molar-refractivity contribution in [1.29, 1.82) is 0 Å². The van der Waals surface area contributed by atoms with Gasteiger partial charge in [0.1, 0.15) is 6.10 Å². The first-order valence-corrected chi connectivity index (χ1v) is 6.67. The van der Waals surface area contributed by atoms with Crippen LogP contribution in [0.1, 0.15) is 44.6 Å². The number of nitrogens with zero attached hydrogens (tertiary/aromatic N) is 2. The van der Waals surface area contributed by atoms with Crippen LogP contribution < -0.4 is 10.3 Å². The molecule has 2 fully saturated rings. The van der Waals surface area contributed by atoms with E-state index in [9.17, 15) is 13.6 Å². The lowest BCUT2D eigenvalue weighted by atomic mass is 9.94. The van der Waals surface area contributed by atoms with E-state index >= 15 is 0 Å². The van der Waals surface area contributed by atoms with Crippen molar-refractivity contribution in [3.8, 4) is 5.88 Å². The highest BCUT2D eigenvalue weighted by Gasteiger charge is 2.36. The van der Waals surface area contributed by atoms with Crippen LogP contribution >= 0.6 is 0 Å². The fourth-order valence-electron chi connectivity index (χ4n) is 2.42. The summed E-state index contributed by atoms with van der Waals surface area (Å²) in [5.74, 6) is -2.54. The van der Waals surface area contributed by atoms with Crippen LogP contribution in [0.15, 0.2) is 17.2 Å². The predicted molar refractivity (Wildman–Crippen MR) is 64.6 cm³/mol. The van der Waals surface area contributed by atoms with Gasteiger partial charge in [-0.25, -0.2) is 13.8 Å². The Hall–Kier alpha value is -1.46. The molecule has 1 heterocycles. The van der Waals surface area contributed by atoms with Crippen LogP contribution in [0.3, 0.4) is 0 Å². The summed E-state index contributed by atoms with van der Waals surface area (Å²) in [5.41, 5.74) is -0.248. The summed E-state index contributed by atoms with van der Waals surface area (Å²) in [6.45, 7) is 0. The van der Waals surface area contributed by atoms with Crippen LogP contribution in [0, 0.1) is 0 Å². The highest BCUT2D eigenvalue weighted by molar-refractivity contribution is 5.07. The monoisotopic (exact) mass is 270 g/mol. The van der Waals surface area contributed by atoms with Crippen molar-refractivity contribution < 1.29 is 13.5 Å². The van der Waals surface area contributed by atoms with Gasteiger partial charge in [0.15, 0.2) is 0 Å². The zero-order chi connectivity index (χ0) is 13.5. The zero-order valence-electron chi connectivity index (χ0n) is 10.5. The molecule has 6 heteroatoms. The minimum atomic E-state index is -2.59. The van der Waals surface area contributed by atoms with Gasteiger partial charge in [-0.05, 0) is 25.7 Å². The number of ether oxygens (including phenoxy) is 1. The van der Waals surface area contributed by atoms with Crippen molar-refractivity contribution in [1.82, 2.24) is 9.55 Å². The van der Waals surface area contributed by atoms with Gasteiger partial charge in [-0.1, -0.05) is 0 Å². The molecular formula is C13H16F2N2O2. The third-order valence-corrected chi connectivity index (χ3v) is 3.72. The average molecular weight is 270 g/mol. The van der Waals surface area contributed by atoms with Gasteiger partial charge < -0.3 is 9.30 Å². The van der Waals surface area contributed by atoms with Crippen molar-refractivity contribution in [2.24, 2.45) is 0 Å². The second kappa shape index (κ2) is 4.58. The highest BCUT2D eigenvalue weighted by Crippen LogP contribution is 2.35. The van der Waals surface area contributed by atoms with Gasteiger partial charge in [0, 0.05) is 31.3 Å². The summed E-state index contributed by atoms with van der Waals surface area (Å²) >= 11 is 0. The van der Waals surface area contributed by atoms with E-state index in [4.69, 9.17) is 4.74 Å². The largest absolute Gasteiger partial charge is 0.470 e. The minimum Gasteiger partial charge on any atom is -0.470 e. The Morgan fingerprint density at radius 3 is 2.58 bits per heavy atom. The SMILES string of the molecule is O=c1c(OC2CCC(F)(F)CC2)nccn1C1CC1. The van der Waals surface area contributed by atoms with Gasteiger partial charge >= 0.3 is 5.56 Å². The summed E-state index contributed by atoms with van der Waals surface area (Å²) in [4.78, 5) is 16.0. The molecule has 0 radical (unpaired) electrons. The Morgan fingerprint density at radius 2 is 1.95 bits per heavy atom. The van der Waals surface area contributed by atoms with Crippen LogP contribution in [-0.4, -0.2) is 21.6 Å². The molecule has 4 nitrogen and oxygen atoms in total. The van der Waals surface area contributed by atoms with E-state index in [-0.39, 0.29) is 49.3 Å². The van der Waals surface area contributed by atoms with Crippen LogP contribution in [0.4, 0.5) is 8.78 Å². The van der Waals surface area contributed by atoms with E-state index in [1.807, 2.05) is 0 Å². The Kier molecular flexibility index (Phi) is 3.03. The molecule has 0 saturated heterocycles. The van der Waals surface area contributed by atoms with Gasteiger partial charge in [0.2, 0.25) is 5.92 Å². The second-order valence-corrected chi connectivity index (χ2v) is 5.35. The Morgan fingerprint density at radius 1 is 1.26 bits per heavy atom. The first-order valence-electron chi connectivity index (χ1n) is 6.67. The van der Waals surface area contributed by atoms with Gasteiger partial charge in [-0.3, -0.25) is 4.79 Å². The molecule has 2 aliphatic rings. The smallest absolute Gasteiger partial charge is 0.313 e. The molecule has 19 heavy (non-hydrogen) atoms. The van der Waals surface area contributed by atoms with Gasteiger partial charge in [0.25, 0.3) is 5.88 Å². The Bertz CT molecular complexity index is 516. The lowest BCUT2D eigenvalue weighted by molar-refractivity contribution is -0.0590. The van der Waals surface area contributed by atoms with Gasteiger partial charge in [0.05, 0.1) is 0 Å². The van der Waals surface area contributed by atoms with Crippen molar-refractivity contribution in [2.75, 3.05) is 0 Å². The molecule has 0 spiro atoms. The molecular weight excluding hydrogens is 254 g/mol. The normalized spacial score (nSPS) is 23.3. The van der Waals surface area contributed by atoms with Crippen LogP contribution in [0.25, 0.3) is 0 Å². The van der Waals surface area contributed by atoms with Gasteiger partial charge in [-0.2, -0.15) is 0 Å². The molecule has 0 aliphatic heterocycles. The number of halogens is 2.